The summed E-state index contributed by atoms with van der Waals surface area (Å²) in [6.07, 6.45) is -0.479. The van der Waals surface area contributed by atoms with Crippen LogP contribution in [0.2, 0.25) is 0 Å². The van der Waals surface area contributed by atoms with Crippen molar-refractivity contribution in [1.82, 2.24) is 0 Å². The second kappa shape index (κ2) is 4.23. The van der Waals surface area contributed by atoms with Gasteiger partial charge in [0.1, 0.15) is 12.2 Å². The molecule has 8 heteroatoms. The number of hydrogen-bond acceptors (Lipinski definition) is 6. The zero-order valence-electron chi connectivity index (χ0n) is 9.25. The standard InChI is InChI=1S/C10H12N2O6/c13-11(14)7-2-8(12(15)16)6(10-4-18-10)1-5(7)9-3-17-9/h1-2,9-13,15H,3-4H2/t9-,10+. The lowest BCUT2D eigenvalue weighted by Gasteiger charge is -2.20. The van der Waals surface area contributed by atoms with E-state index in [0.717, 1.165) is 0 Å². The smallest absolute Gasteiger partial charge is 0.175 e. The summed E-state index contributed by atoms with van der Waals surface area (Å²) in [7, 11) is 0. The fraction of sp³-hybridized carbons (Fsp3) is 0.400. The molecule has 1 aromatic carbocycles. The van der Waals surface area contributed by atoms with Crippen LogP contribution in [0.4, 0.5) is 11.4 Å². The zero-order valence-corrected chi connectivity index (χ0v) is 9.25. The number of hydrogen-bond donors (Lipinski definition) is 4. The van der Waals surface area contributed by atoms with E-state index in [1.54, 1.807) is 6.07 Å². The Hall–Kier alpha value is -1.10. The molecule has 0 spiro atoms. The monoisotopic (exact) mass is 256 g/mol. The van der Waals surface area contributed by atoms with Crippen molar-refractivity contribution in [1.29, 1.82) is 0 Å². The topological polar surface area (TPSA) is 121 Å². The molecule has 18 heavy (non-hydrogen) atoms. The van der Waals surface area contributed by atoms with Crippen molar-refractivity contribution in [2.45, 2.75) is 12.2 Å². The van der Waals surface area contributed by atoms with Crippen molar-refractivity contribution in [3.8, 4) is 0 Å². The summed E-state index contributed by atoms with van der Waals surface area (Å²) in [5.41, 5.74) is 1.02. The quantitative estimate of drug-likeness (QED) is 0.390. The predicted molar refractivity (Wildman–Crippen MR) is 55.4 cm³/mol. The van der Waals surface area contributed by atoms with Crippen LogP contribution in [0.25, 0.3) is 0 Å². The van der Waals surface area contributed by atoms with Gasteiger partial charge in [-0.05, 0) is 6.07 Å². The van der Waals surface area contributed by atoms with Crippen molar-refractivity contribution < 1.29 is 30.3 Å². The van der Waals surface area contributed by atoms with Crippen LogP contribution in [0.3, 0.4) is 0 Å². The minimum Gasteiger partial charge on any atom is -0.595 e. The van der Waals surface area contributed by atoms with Gasteiger partial charge in [0.25, 0.3) is 0 Å². The van der Waals surface area contributed by atoms with Crippen LogP contribution >= 0.6 is 0 Å². The Morgan fingerprint density at radius 1 is 0.944 bits per heavy atom. The molecule has 0 bridgehead atoms. The molecule has 1 aromatic rings. The second-order valence-electron chi connectivity index (χ2n) is 4.28. The van der Waals surface area contributed by atoms with Gasteiger partial charge in [-0.25, -0.2) is 10.4 Å². The van der Waals surface area contributed by atoms with Crippen LogP contribution < -0.4 is 10.5 Å². The molecule has 4 N–H and O–H groups in total. The first kappa shape index (κ1) is 12.0. The van der Waals surface area contributed by atoms with E-state index in [4.69, 9.17) is 19.9 Å². The maximum Gasteiger partial charge on any atom is 0.175 e. The van der Waals surface area contributed by atoms with Crippen LogP contribution in [0.5, 0.6) is 0 Å². The molecular weight excluding hydrogens is 244 g/mol. The van der Waals surface area contributed by atoms with Gasteiger partial charge in [0.05, 0.1) is 19.3 Å². The SMILES string of the molecule is [O-][NH+](O)c1cc([NH+]([O-])O)c([C@H]2CO2)cc1[C@@H]1CO1. The molecule has 2 aliphatic rings. The molecule has 2 heterocycles. The molecule has 2 unspecified atom stereocenters. The van der Waals surface area contributed by atoms with Crippen LogP contribution in [-0.2, 0) is 9.47 Å². The molecule has 0 aliphatic carbocycles. The number of epoxide rings is 2. The molecular formula is C10H12N2O6. The third-order valence-corrected chi connectivity index (χ3v) is 3.04. The van der Waals surface area contributed by atoms with Gasteiger partial charge in [-0.1, -0.05) is 0 Å². The van der Waals surface area contributed by atoms with Crippen molar-refractivity contribution in [2.75, 3.05) is 13.2 Å². The molecule has 3 rings (SSSR count). The molecule has 2 fully saturated rings. The fourth-order valence-corrected chi connectivity index (χ4v) is 1.99. The first-order valence-electron chi connectivity index (χ1n) is 5.45. The summed E-state index contributed by atoms with van der Waals surface area (Å²) in [6, 6.07) is 2.78. The van der Waals surface area contributed by atoms with Gasteiger partial charge in [-0.3, -0.25) is 0 Å². The number of rotatable bonds is 4. The predicted octanol–water partition coefficient (Wildman–Crippen LogP) is -1.36. The Morgan fingerprint density at radius 3 is 1.61 bits per heavy atom. The van der Waals surface area contributed by atoms with Gasteiger partial charge in [-0.2, -0.15) is 10.5 Å². The average Bonchev–Trinajstić information content (AvgIpc) is 3.16. The summed E-state index contributed by atoms with van der Waals surface area (Å²) >= 11 is 0. The van der Waals surface area contributed by atoms with Gasteiger partial charge < -0.3 is 19.9 Å². The molecule has 2 saturated heterocycles. The van der Waals surface area contributed by atoms with E-state index in [2.05, 4.69) is 0 Å². The molecule has 2 aliphatic heterocycles. The maximum atomic E-state index is 11.1. The van der Waals surface area contributed by atoms with Crippen LogP contribution in [0, 0.1) is 10.4 Å². The van der Waals surface area contributed by atoms with E-state index in [-0.39, 0.29) is 23.6 Å². The summed E-state index contributed by atoms with van der Waals surface area (Å²) in [6.45, 7) is 0.940. The fourth-order valence-electron chi connectivity index (χ4n) is 1.99. The largest absolute Gasteiger partial charge is 0.595 e. The number of benzene rings is 1. The van der Waals surface area contributed by atoms with E-state index in [0.29, 0.717) is 24.3 Å². The highest BCUT2D eigenvalue weighted by Crippen LogP contribution is 2.41. The molecule has 0 saturated carbocycles. The minimum atomic E-state index is -1.15. The zero-order chi connectivity index (χ0) is 12.9. The summed E-state index contributed by atoms with van der Waals surface area (Å²) < 4.78 is 10.2. The highest BCUT2D eigenvalue weighted by atomic mass is 16.8. The van der Waals surface area contributed by atoms with Gasteiger partial charge in [-0.15, -0.1) is 0 Å². The van der Waals surface area contributed by atoms with Crippen LogP contribution in [0.1, 0.15) is 23.3 Å². The normalized spacial score (nSPS) is 28.9. The second-order valence-corrected chi connectivity index (χ2v) is 4.28. The number of ether oxygens (including phenoxy) is 2. The Kier molecular flexibility index (Phi) is 2.81. The van der Waals surface area contributed by atoms with Crippen molar-refractivity contribution in [2.24, 2.45) is 0 Å². The van der Waals surface area contributed by atoms with Gasteiger partial charge in [0.2, 0.25) is 0 Å². The van der Waals surface area contributed by atoms with Gasteiger partial charge in [0.15, 0.2) is 11.4 Å². The molecule has 8 nitrogen and oxygen atoms in total. The van der Waals surface area contributed by atoms with E-state index in [1.165, 1.54) is 6.07 Å². The Morgan fingerprint density at radius 2 is 1.33 bits per heavy atom. The Balaban J connectivity index is 2.10. The van der Waals surface area contributed by atoms with Crippen molar-refractivity contribution in [3.63, 3.8) is 0 Å². The summed E-state index contributed by atoms with van der Waals surface area (Å²) in [4.78, 5) is 0. The van der Waals surface area contributed by atoms with E-state index >= 15 is 0 Å². The van der Waals surface area contributed by atoms with E-state index in [1.807, 2.05) is 0 Å². The lowest BCUT2D eigenvalue weighted by Crippen LogP contribution is -3.01. The number of nitrogens with one attached hydrogen (secondary N) is 2. The summed E-state index contributed by atoms with van der Waals surface area (Å²) in [5, 5.41) is 38.2. The lowest BCUT2D eigenvalue weighted by molar-refractivity contribution is -0.996. The minimum absolute atomic E-state index is 0.0145. The first-order valence-corrected chi connectivity index (χ1v) is 5.45. The van der Waals surface area contributed by atoms with Gasteiger partial charge >= 0.3 is 0 Å². The third kappa shape index (κ3) is 2.11. The van der Waals surface area contributed by atoms with Crippen LogP contribution in [0.15, 0.2) is 12.1 Å². The van der Waals surface area contributed by atoms with Crippen molar-refractivity contribution in [3.05, 3.63) is 33.7 Å². The molecule has 0 amide bonds. The van der Waals surface area contributed by atoms with Crippen molar-refractivity contribution >= 4 is 11.4 Å². The lowest BCUT2D eigenvalue weighted by atomic mass is 10.0. The Labute approximate surface area is 102 Å². The first-order chi connectivity index (χ1) is 8.58. The maximum absolute atomic E-state index is 11.1. The average molecular weight is 256 g/mol. The highest BCUT2D eigenvalue weighted by molar-refractivity contribution is 5.56. The Bertz CT molecular complexity index is 403. The molecule has 0 radical (unpaired) electrons. The van der Waals surface area contributed by atoms with E-state index in [9.17, 15) is 10.4 Å². The highest BCUT2D eigenvalue weighted by Gasteiger charge is 2.37. The molecule has 98 valence electrons. The van der Waals surface area contributed by atoms with E-state index < -0.39 is 10.5 Å². The van der Waals surface area contributed by atoms with Crippen LogP contribution in [-0.4, -0.2) is 23.6 Å². The number of quaternary nitrogens is 2. The van der Waals surface area contributed by atoms with Gasteiger partial charge in [0, 0.05) is 11.1 Å². The summed E-state index contributed by atoms with van der Waals surface area (Å²) in [5.74, 6) is 0. The third-order valence-electron chi connectivity index (χ3n) is 3.04. The molecule has 4 atom stereocenters. The molecule has 0 aromatic heterocycles.